The number of nitrogens with zero attached hydrogens (tertiary/aromatic N) is 4. The molecule has 0 saturated carbocycles. The molecule has 0 saturated heterocycles. The highest BCUT2D eigenvalue weighted by molar-refractivity contribution is 7.20. The maximum Gasteiger partial charge on any atom is 0.345 e. The SMILES string of the molecule is CC/C=C(\C=C/COC(F)F)N1C=NCc2c(sc3ncnc(N)c23)C1=O. The number of aliphatic imine (C=N–C) groups is 1. The molecule has 0 atom stereocenters. The second-order valence-corrected chi connectivity index (χ2v) is 6.51. The Hall–Kier alpha value is -2.72. The number of allylic oxidation sites excluding steroid dienone is 2. The molecule has 2 aromatic rings. The molecule has 1 aliphatic heterocycles. The van der Waals surface area contributed by atoms with Gasteiger partial charge in [0.2, 0.25) is 0 Å². The average Bonchev–Trinajstić information content (AvgIpc) is 2.93. The lowest BCUT2D eigenvalue weighted by Gasteiger charge is -2.17. The minimum atomic E-state index is -2.85. The zero-order valence-corrected chi connectivity index (χ0v) is 15.2. The highest BCUT2D eigenvalue weighted by Crippen LogP contribution is 2.35. The van der Waals surface area contributed by atoms with Crippen molar-refractivity contribution in [3.05, 3.63) is 40.7 Å². The van der Waals surface area contributed by atoms with E-state index in [0.29, 0.717) is 38.6 Å². The third-order valence-corrected chi connectivity index (χ3v) is 4.90. The van der Waals surface area contributed by atoms with Crippen LogP contribution in [0.15, 0.2) is 35.2 Å². The molecule has 0 unspecified atom stereocenters. The molecule has 0 fully saturated rings. The normalized spacial score (nSPS) is 15.2. The van der Waals surface area contributed by atoms with Crippen LogP contribution in [0.2, 0.25) is 0 Å². The van der Waals surface area contributed by atoms with Gasteiger partial charge in [-0.2, -0.15) is 8.78 Å². The van der Waals surface area contributed by atoms with E-state index in [4.69, 9.17) is 5.73 Å². The number of nitrogens with two attached hydrogens (primary N) is 1. The van der Waals surface area contributed by atoms with Gasteiger partial charge in [-0.15, -0.1) is 11.3 Å². The van der Waals surface area contributed by atoms with Gasteiger partial charge in [0, 0.05) is 11.3 Å². The van der Waals surface area contributed by atoms with Gasteiger partial charge in [0.1, 0.15) is 21.9 Å². The zero-order valence-electron chi connectivity index (χ0n) is 14.4. The molecule has 10 heteroatoms. The summed E-state index contributed by atoms with van der Waals surface area (Å²) in [5, 5.41) is 0.645. The summed E-state index contributed by atoms with van der Waals surface area (Å²) in [5.41, 5.74) is 7.16. The predicted molar refractivity (Wildman–Crippen MR) is 99.7 cm³/mol. The zero-order chi connectivity index (χ0) is 19.4. The summed E-state index contributed by atoms with van der Waals surface area (Å²) >= 11 is 1.23. The third-order valence-electron chi connectivity index (χ3n) is 3.77. The lowest BCUT2D eigenvalue weighted by atomic mass is 10.1. The number of hydrogen-bond acceptors (Lipinski definition) is 7. The van der Waals surface area contributed by atoms with Gasteiger partial charge in [-0.05, 0) is 12.5 Å². The van der Waals surface area contributed by atoms with Crippen LogP contribution in [0.25, 0.3) is 10.2 Å². The van der Waals surface area contributed by atoms with E-state index < -0.39 is 6.61 Å². The van der Waals surface area contributed by atoms with Gasteiger partial charge in [0.15, 0.2) is 0 Å². The van der Waals surface area contributed by atoms with E-state index in [1.54, 1.807) is 12.2 Å². The number of rotatable bonds is 6. The van der Waals surface area contributed by atoms with Gasteiger partial charge in [0.05, 0.1) is 24.9 Å². The van der Waals surface area contributed by atoms with Crippen molar-refractivity contribution < 1.29 is 18.3 Å². The van der Waals surface area contributed by atoms with Crippen LogP contribution in [-0.4, -0.2) is 40.3 Å². The van der Waals surface area contributed by atoms with Crippen molar-refractivity contribution in [1.82, 2.24) is 14.9 Å². The summed E-state index contributed by atoms with van der Waals surface area (Å²) in [6, 6.07) is 0. The maximum atomic E-state index is 13.1. The standard InChI is InChI=1S/C17H17F2N5O2S/c1-2-4-10(5-3-6-26-17(18)19)24-9-21-7-11-12-14(20)22-8-23-15(12)27-13(11)16(24)25/h3-5,8-9,17H,2,6-7H2,1H3,(H2,20,22,23)/b5-3-,10-4+. The quantitative estimate of drug-likeness (QED) is 0.760. The smallest absolute Gasteiger partial charge is 0.345 e. The third kappa shape index (κ3) is 4.01. The van der Waals surface area contributed by atoms with Crippen LogP contribution < -0.4 is 5.73 Å². The molecule has 142 valence electrons. The number of alkyl halides is 2. The van der Waals surface area contributed by atoms with E-state index in [2.05, 4.69) is 19.7 Å². The number of anilines is 1. The average molecular weight is 393 g/mol. The summed E-state index contributed by atoms with van der Waals surface area (Å²) in [6.45, 7) is -0.933. The molecule has 3 rings (SSSR count). The lowest BCUT2D eigenvalue weighted by molar-refractivity contribution is -0.119. The first-order valence-corrected chi connectivity index (χ1v) is 8.96. The molecule has 7 nitrogen and oxygen atoms in total. The first-order chi connectivity index (χ1) is 13.0. The van der Waals surface area contributed by atoms with Crippen LogP contribution in [-0.2, 0) is 11.3 Å². The summed E-state index contributed by atoms with van der Waals surface area (Å²) in [7, 11) is 0. The molecule has 0 spiro atoms. The number of ether oxygens (including phenoxy) is 1. The second-order valence-electron chi connectivity index (χ2n) is 5.51. The van der Waals surface area contributed by atoms with Crippen LogP contribution in [0.3, 0.4) is 0 Å². The number of carbonyl (C=O) groups is 1. The second kappa shape index (κ2) is 8.31. The highest BCUT2D eigenvalue weighted by Gasteiger charge is 2.27. The van der Waals surface area contributed by atoms with Crippen molar-refractivity contribution in [3.8, 4) is 0 Å². The molecule has 0 aromatic carbocycles. The molecule has 1 aliphatic rings. The lowest BCUT2D eigenvalue weighted by Crippen LogP contribution is -2.27. The fourth-order valence-electron chi connectivity index (χ4n) is 2.65. The Morgan fingerprint density at radius 1 is 1.48 bits per heavy atom. The fraction of sp³-hybridized carbons (Fsp3) is 0.294. The summed E-state index contributed by atoms with van der Waals surface area (Å²) in [5.74, 6) is 0.0232. The molecule has 0 radical (unpaired) electrons. The number of halogens is 2. The van der Waals surface area contributed by atoms with Crippen molar-refractivity contribution >= 4 is 39.6 Å². The van der Waals surface area contributed by atoms with Crippen molar-refractivity contribution in [3.63, 3.8) is 0 Å². The molecule has 3 heterocycles. The van der Waals surface area contributed by atoms with Crippen LogP contribution in [0, 0.1) is 0 Å². The molecule has 0 bridgehead atoms. The van der Waals surface area contributed by atoms with Crippen molar-refractivity contribution in [2.75, 3.05) is 12.3 Å². The number of aromatic nitrogens is 2. The minimum Gasteiger partial charge on any atom is -0.383 e. The molecule has 27 heavy (non-hydrogen) atoms. The largest absolute Gasteiger partial charge is 0.383 e. The van der Waals surface area contributed by atoms with E-state index in [0.717, 1.165) is 0 Å². The molecule has 2 aromatic heterocycles. The number of nitrogen functional groups attached to an aromatic ring is 1. The molecular weight excluding hydrogens is 376 g/mol. The van der Waals surface area contributed by atoms with Crippen molar-refractivity contribution in [2.45, 2.75) is 26.5 Å². The monoisotopic (exact) mass is 393 g/mol. The number of thiophene rings is 1. The summed E-state index contributed by atoms with van der Waals surface area (Å²) < 4.78 is 28.4. The van der Waals surface area contributed by atoms with Gasteiger partial charge in [-0.1, -0.05) is 19.1 Å². The Labute approximate surface area is 157 Å². The Kier molecular flexibility index (Phi) is 5.87. The fourth-order valence-corrected chi connectivity index (χ4v) is 3.75. The van der Waals surface area contributed by atoms with Crippen LogP contribution in [0.1, 0.15) is 28.6 Å². The Morgan fingerprint density at radius 3 is 3.04 bits per heavy atom. The molecule has 1 amide bonds. The van der Waals surface area contributed by atoms with Crippen molar-refractivity contribution in [2.24, 2.45) is 4.99 Å². The van der Waals surface area contributed by atoms with Crippen LogP contribution in [0.5, 0.6) is 0 Å². The summed E-state index contributed by atoms with van der Waals surface area (Å²) in [6.07, 6.45) is 8.21. The van der Waals surface area contributed by atoms with Crippen LogP contribution in [0.4, 0.5) is 14.6 Å². The van der Waals surface area contributed by atoms with E-state index in [1.807, 2.05) is 6.92 Å². The Morgan fingerprint density at radius 2 is 2.30 bits per heavy atom. The van der Waals surface area contributed by atoms with E-state index >= 15 is 0 Å². The van der Waals surface area contributed by atoms with Crippen molar-refractivity contribution in [1.29, 1.82) is 0 Å². The Balaban J connectivity index is 1.95. The topological polar surface area (TPSA) is 93.7 Å². The molecular formula is C17H17F2N5O2S. The first kappa shape index (κ1) is 19.1. The van der Waals surface area contributed by atoms with Crippen LogP contribution >= 0.6 is 11.3 Å². The van der Waals surface area contributed by atoms with Gasteiger partial charge in [0.25, 0.3) is 5.91 Å². The first-order valence-electron chi connectivity index (χ1n) is 8.14. The van der Waals surface area contributed by atoms with Gasteiger partial charge < -0.3 is 10.5 Å². The van der Waals surface area contributed by atoms with Gasteiger partial charge >= 0.3 is 6.61 Å². The molecule has 0 aliphatic carbocycles. The van der Waals surface area contributed by atoms with Gasteiger partial charge in [-0.3, -0.25) is 14.7 Å². The number of hydrogen-bond donors (Lipinski definition) is 1. The number of carbonyl (C=O) groups excluding carboxylic acids is 1. The molecule has 2 N–H and O–H groups in total. The highest BCUT2D eigenvalue weighted by atomic mass is 32.1. The van der Waals surface area contributed by atoms with Gasteiger partial charge in [-0.25, -0.2) is 9.97 Å². The number of amides is 1. The van der Waals surface area contributed by atoms with E-state index in [9.17, 15) is 13.6 Å². The maximum absolute atomic E-state index is 13.1. The number of fused-ring (bicyclic) bond motifs is 3. The summed E-state index contributed by atoms with van der Waals surface area (Å²) in [4.78, 5) is 28.1. The predicted octanol–water partition coefficient (Wildman–Crippen LogP) is 3.35. The Bertz CT molecular complexity index is 939. The minimum absolute atomic E-state index is 0.266. The van der Waals surface area contributed by atoms with E-state index in [-0.39, 0.29) is 19.1 Å². The van der Waals surface area contributed by atoms with E-state index in [1.165, 1.54) is 35.0 Å².